The number of hydrogen-bond donors (Lipinski definition) is 0. The van der Waals surface area contributed by atoms with E-state index in [-0.39, 0.29) is 5.41 Å². The average molecular weight is 250 g/mol. The molecule has 2 aromatic carbocycles. The molecule has 3 rings (SSSR count). The Morgan fingerprint density at radius 2 is 1.37 bits per heavy atom. The first-order valence-corrected chi connectivity index (χ1v) is 7.23. The first-order valence-electron chi connectivity index (χ1n) is 7.23. The Kier molecular flexibility index (Phi) is 2.97. The lowest BCUT2D eigenvalue weighted by Crippen LogP contribution is -2.12. The van der Waals surface area contributed by atoms with Crippen molar-refractivity contribution in [2.24, 2.45) is 0 Å². The van der Waals surface area contributed by atoms with E-state index in [9.17, 15) is 0 Å². The summed E-state index contributed by atoms with van der Waals surface area (Å²) in [4.78, 5) is 0. The molecule has 0 aromatic heterocycles. The van der Waals surface area contributed by atoms with Gasteiger partial charge in [-0.05, 0) is 52.5 Å². The molecule has 0 aliphatic heterocycles. The van der Waals surface area contributed by atoms with E-state index in [4.69, 9.17) is 0 Å². The molecule has 98 valence electrons. The fourth-order valence-electron chi connectivity index (χ4n) is 2.95. The van der Waals surface area contributed by atoms with Crippen LogP contribution in [0.3, 0.4) is 0 Å². The highest BCUT2D eigenvalue weighted by molar-refractivity contribution is 5.43. The molecule has 0 unspecified atom stereocenters. The first-order chi connectivity index (χ1) is 9.04. The zero-order chi connectivity index (χ0) is 13.5. The zero-order valence-corrected chi connectivity index (χ0v) is 12.2. The number of benzene rings is 2. The lowest BCUT2D eigenvalue weighted by molar-refractivity contribution is 0.589. The normalized spacial score (nSPS) is 14.5. The molecule has 0 nitrogen and oxygen atoms in total. The molecule has 0 saturated heterocycles. The minimum atomic E-state index is 0.244. The van der Waals surface area contributed by atoms with Gasteiger partial charge >= 0.3 is 0 Å². The van der Waals surface area contributed by atoms with Crippen LogP contribution in [0.5, 0.6) is 0 Å². The highest BCUT2D eigenvalue weighted by Gasteiger charge is 2.17. The van der Waals surface area contributed by atoms with Gasteiger partial charge in [0.25, 0.3) is 0 Å². The van der Waals surface area contributed by atoms with Crippen molar-refractivity contribution in [2.45, 2.75) is 45.4 Å². The van der Waals surface area contributed by atoms with Crippen LogP contribution in [0.25, 0.3) is 0 Å². The van der Waals surface area contributed by atoms with Gasteiger partial charge in [0, 0.05) is 0 Å². The Balaban J connectivity index is 2.02. The van der Waals surface area contributed by atoms with Crippen LogP contribution in [0.15, 0.2) is 42.5 Å². The van der Waals surface area contributed by atoms with Crippen molar-refractivity contribution >= 4 is 0 Å². The molecule has 0 heterocycles. The van der Waals surface area contributed by atoms with Crippen LogP contribution in [0, 0.1) is 0 Å². The molecule has 0 atom stereocenters. The minimum absolute atomic E-state index is 0.244. The summed E-state index contributed by atoms with van der Waals surface area (Å²) in [6, 6.07) is 16.0. The van der Waals surface area contributed by atoms with E-state index in [1.165, 1.54) is 35.1 Å². The minimum Gasteiger partial charge on any atom is -0.0620 e. The van der Waals surface area contributed by atoms with Crippen LogP contribution in [-0.4, -0.2) is 0 Å². The van der Waals surface area contributed by atoms with Gasteiger partial charge in [-0.3, -0.25) is 0 Å². The molecule has 1 aliphatic rings. The van der Waals surface area contributed by atoms with Crippen molar-refractivity contribution in [3.63, 3.8) is 0 Å². The summed E-state index contributed by atoms with van der Waals surface area (Å²) in [5.74, 6) is 0. The number of hydrogen-bond acceptors (Lipinski definition) is 0. The van der Waals surface area contributed by atoms with Crippen LogP contribution in [0.4, 0.5) is 0 Å². The predicted octanol–water partition coefficient (Wildman–Crippen LogP) is 4.67. The zero-order valence-electron chi connectivity index (χ0n) is 12.2. The van der Waals surface area contributed by atoms with Crippen molar-refractivity contribution < 1.29 is 0 Å². The van der Waals surface area contributed by atoms with E-state index in [2.05, 4.69) is 63.2 Å². The maximum atomic E-state index is 2.43. The molecule has 0 fully saturated rings. The van der Waals surface area contributed by atoms with Crippen molar-refractivity contribution in [1.82, 2.24) is 0 Å². The lowest BCUT2D eigenvalue weighted by atomic mass is 9.84. The molecule has 0 amide bonds. The summed E-state index contributed by atoms with van der Waals surface area (Å²) in [5, 5.41) is 0. The van der Waals surface area contributed by atoms with Gasteiger partial charge < -0.3 is 0 Å². The molecule has 19 heavy (non-hydrogen) atoms. The lowest BCUT2D eigenvalue weighted by Gasteiger charge is -2.21. The molecular weight excluding hydrogens is 228 g/mol. The highest BCUT2D eigenvalue weighted by Crippen LogP contribution is 2.29. The molecule has 0 N–H and O–H groups in total. The van der Waals surface area contributed by atoms with E-state index in [0.717, 1.165) is 6.42 Å². The Morgan fingerprint density at radius 1 is 0.737 bits per heavy atom. The smallest absolute Gasteiger partial charge is 0.00203 e. The summed E-state index contributed by atoms with van der Waals surface area (Å²) in [6.07, 6.45) is 3.45. The van der Waals surface area contributed by atoms with Gasteiger partial charge in [0.1, 0.15) is 0 Å². The molecule has 0 bridgehead atoms. The van der Waals surface area contributed by atoms with Crippen molar-refractivity contribution in [1.29, 1.82) is 0 Å². The quantitative estimate of drug-likeness (QED) is 0.637. The number of rotatable bonds is 0. The van der Waals surface area contributed by atoms with Gasteiger partial charge in [-0.1, -0.05) is 63.2 Å². The molecule has 0 radical (unpaired) electrons. The Bertz CT molecular complexity index is 600. The summed E-state index contributed by atoms with van der Waals surface area (Å²) < 4.78 is 0. The first kappa shape index (κ1) is 12.5. The summed E-state index contributed by atoms with van der Waals surface area (Å²) in [5.41, 5.74) is 7.79. The third-order valence-electron chi connectivity index (χ3n) is 4.24. The van der Waals surface area contributed by atoms with Crippen LogP contribution >= 0.6 is 0 Å². The fourth-order valence-corrected chi connectivity index (χ4v) is 2.95. The van der Waals surface area contributed by atoms with Crippen molar-refractivity contribution in [3.05, 3.63) is 70.3 Å². The summed E-state index contributed by atoms with van der Waals surface area (Å²) in [6.45, 7) is 6.88. The van der Waals surface area contributed by atoms with Gasteiger partial charge in [-0.25, -0.2) is 0 Å². The summed E-state index contributed by atoms with van der Waals surface area (Å²) in [7, 11) is 0. The maximum absolute atomic E-state index is 2.43. The van der Waals surface area contributed by atoms with Crippen molar-refractivity contribution in [3.8, 4) is 0 Å². The summed E-state index contributed by atoms with van der Waals surface area (Å²) >= 11 is 0. The Labute approximate surface area is 116 Å². The van der Waals surface area contributed by atoms with E-state index in [0.29, 0.717) is 0 Å². The van der Waals surface area contributed by atoms with E-state index in [1.807, 2.05) is 0 Å². The van der Waals surface area contributed by atoms with Crippen LogP contribution in [-0.2, 0) is 24.7 Å². The topological polar surface area (TPSA) is 0 Å². The van der Waals surface area contributed by atoms with Gasteiger partial charge in [0.15, 0.2) is 0 Å². The molecule has 1 aliphatic carbocycles. The van der Waals surface area contributed by atoms with Gasteiger partial charge in [-0.15, -0.1) is 0 Å². The third-order valence-corrected chi connectivity index (χ3v) is 4.24. The van der Waals surface area contributed by atoms with Gasteiger partial charge in [0.05, 0.1) is 0 Å². The number of fused-ring (bicyclic) bond motifs is 2. The molecular formula is C19H22. The maximum Gasteiger partial charge on any atom is -0.00203 e. The van der Waals surface area contributed by atoms with Gasteiger partial charge in [-0.2, -0.15) is 0 Å². The van der Waals surface area contributed by atoms with Gasteiger partial charge in [0.2, 0.25) is 0 Å². The van der Waals surface area contributed by atoms with Crippen LogP contribution in [0.2, 0.25) is 0 Å². The fraction of sp³-hybridized carbons (Fsp3) is 0.368. The molecule has 0 spiro atoms. The second-order valence-electron chi connectivity index (χ2n) is 6.68. The predicted molar refractivity (Wildman–Crippen MR) is 81.8 cm³/mol. The van der Waals surface area contributed by atoms with Crippen molar-refractivity contribution in [2.75, 3.05) is 0 Å². The monoisotopic (exact) mass is 250 g/mol. The standard InChI is InChI=1S/C19H22/c1-19(2,3)18-11-10-16-12-15-7-5-4-6-14(15)8-9-17(16)13-18/h4-7,10-11,13H,8-9,12H2,1-3H3. The van der Waals surface area contributed by atoms with E-state index < -0.39 is 0 Å². The largest absolute Gasteiger partial charge is 0.0620 e. The second kappa shape index (κ2) is 4.52. The van der Waals surface area contributed by atoms with E-state index in [1.54, 1.807) is 5.56 Å². The Morgan fingerprint density at radius 3 is 2.11 bits per heavy atom. The molecule has 0 heteroatoms. The highest BCUT2D eigenvalue weighted by atomic mass is 14.2. The third kappa shape index (κ3) is 2.45. The second-order valence-corrected chi connectivity index (χ2v) is 6.68. The SMILES string of the molecule is CC(C)(C)c1ccc2c(c1)CCc1ccccc1C2. The average Bonchev–Trinajstić information content (AvgIpc) is 2.55. The number of aryl methyl sites for hydroxylation is 2. The Hall–Kier alpha value is -1.56. The van der Waals surface area contributed by atoms with Crippen LogP contribution in [0.1, 0.15) is 48.6 Å². The van der Waals surface area contributed by atoms with E-state index >= 15 is 0 Å². The molecule has 0 saturated carbocycles. The van der Waals surface area contributed by atoms with Crippen LogP contribution < -0.4 is 0 Å². The molecule has 2 aromatic rings.